The third-order valence-corrected chi connectivity index (χ3v) is 6.45. The third-order valence-electron chi connectivity index (χ3n) is 2.20. The molecule has 0 bridgehead atoms. The number of rotatable bonds is 4. The van der Waals surface area contributed by atoms with Gasteiger partial charge in [-0.05, 0) is 0 Å². The van der Waals surface area contributed by atoms with Crippen LogP contribution in [0.2, 0.25) is 14.3 Å². The molecular formula is C11H18OSn. The second-order valence-electron chi connectivity index (χ2n) is 3.90. The van der Waals surface area contributed by atoms with E-state index >= 15 is 0 Å². The molecule has 1 aromatic rings. The molecule has 0 aromatic heterocycles. The second kappa shape index (κ2) is 5.65. The van der Waals surface area contributed by atoms with Crippen LogP contribution in [0.15, 0.2) is 30.3 Å². The fraction of sp³-hybridized carbons (Fsp3) is 0.455. The number of benzene rings is 1. The molecule has 0 radical (unpaired) electrons. The molecule has 0 aliphatic rings. The van der Waals surface area contributed by atoms with Crippen LogP contribution in [0, 0.1) is 0 Å². The van der Waals surface area contributed by atoms with Gasteiger partial charge >= 0.3 is 87.6 Å². The molecule has 1 aromatic carbocycles. The molecule has 0 heterocycles. The fourth-order valence-electron chi connectivity index (χ4n) is 1.33. The number of hydrogen-bond donors (Lipinski definition) is 1. The molecular weight excluding hydrogens is 267 g/mol. The van der Waals surface area contributed by atoms with Crippen molar-refractivity contribution in [2.24, 2.45) is 0 Å². The second-order valence-corrected chi connectivity index (χ2v) is 13.5. The molecule has 0 aliphatic heterocycles. The van der Waals surface area contributed by atoms with E-state index in [9.17, 15) is 5.11 Å². The monoisotopic (exact) mass is 286 g/mol. The van der Waals surface area contributed by atoms with Crippen LogP contribution < -0.4 is 0 Å². The fourth-order valence-corrected chi connectivity index (χ4v) is 4.14. The Morgan fingerprint density at radius 3 is 2.38 bits per heavy atom. The Bertz CT molecular complexity index is 233. The van der Waals surface area contributed by atoms with Crippen LogP contribution in [0.3, 0.4) is 0 Å². The van der Waals surface area contributed by atoms with Crippen molar-refractivity contribution in [1.29, 1.82) is 0 Å². The van der Waals surface area contributed by atoms with E-state index in [1.165, 1.54) is 4.44 Å². The zero-order valence-corrected chi connectivity index (χ0v) is 11.7. The first-order chi connectivity index (χ1) is 6.20. The SMILES string of the molecule is [CH3][SnH]([CH3])[CH2]CC(O)c1ccccc1. The van der Waals surface area contributed by atoms with Crippen molar-refractivity contribution in [3.63, 3.8) is 0 Å². The molecule has 0 amide bonds. The zero-order valence-electron chi connectivity index (χ0n) is 8.40. The minimum atomic E-state index is -1.11. The van der Waals surface area contributed by atoms with Crippen LogP contribution in [0.1, 0.15) is 18.1 Å². The quantitative estimate of drug-likeness (QED) is 0.843. The Morgan fingerprint density at radius 1 is 1.23 bits per heavy atom. The van der Waals surface area contributed by atoms with Gasteiger partial charge in [0.05, 0.1) is 0 Å². The molecule has 0 saturated heterocycles. The van der Waals surface area contributed by atoms with E-state index in [0.29, 0.717) is 0 Å². The Hall–Kier alpha value is -0.0213. The average Bonchev–Trinajstić information content (AvgIpc) is 2.15. The minimum absolute atomic E-state index is 0.236. The maximum absolute atomic E-state index is 9.80. The molecule has 72 valence electrons. The summed E-state index contributed by atoms with van der Waals surface area (Å²) in [6.45, 7) is 0. The summed E-state index contributed by atoms with van der Waals surface area (Å²) in [5, 5.41) is 9.80. The number of aliphatic hydroxyl groups is 1. The standard InChI is InChI=1S/C9H11O.2CH3.Sn.H/c1-2-9(10)8-6-4-3-5-7-8;;;;/h3-7,9-10H,1-2H2;2*1H3;;. The first-order valence-electron chi connectivity index (χ1n) is 4.93. The van der Waals surface area contributed by atoms with Crippen LogP contribution in [0.25, 0.3) is 0 Å². The Labute approximate surface area is 87.5 Å². The first-order valence-corrected chi connectivity index (χ1v) is 13.9. The van der Waals surface area contributed by atoms with E-state index in [-0.39, 0.29) is 6.10 Å². The molecule has 1 N–H and O–H groups in total. The van der Waals surface area contributed by atoms with Crippen molar-refractivity contribution in [1.82, 2.24) is 0 Å². The summed E-state index contributed by atoms with van der Waals surface area (Å²) in [5.74, 6) is 0. The predicted octanol–water partition coefficient (Wildman–Crippen LogP) is 2.60. The molecule has 1 unspecified atom stereocenters. The van der Waals surface area contributed by atoms with Crippen LogP contribution >= 0.6 is 0 Å². The normalized spacial score (nSPS) is 13.2. The van der Waals surface area contributed by atoms with E-state index in [4.69, 9.17) is 0 Å². The molecule has 0 saturated carbocycles. The van der Waals surface area contributed by atoms with Gasteiger partial charge in [0, 0.05) is 0 Å². The molecule has 1 nitrogen and oxygen atoms in total. The van der Waals surface area contributed by atoms with Crippen LogP contribution in [-0.4, -0.2) is 24.9 Å². The third kappa shape index (κ3) is 4.14. The molecule has 1 rings (SSSR count). The van der Waals surface area contributed by atoms with Gasteiger partial charge in [0.15, 0.2) is 0 Å². The molecule has 0 fully saturated rings. The summed E-state index contributed by atoms with van der Waals surface area (Å²) in [6.07, 6.45) is 0.720. The van der Waals surface area contributed by atoms with Gasteiger partial charge in [-0.25, -0.2) is 0 Å². The van der Waals surface area contributed by atoms with Crippen molar-refractivity contribution in [3.05, 3.63) is 35.9 Å². The average molecular weight is 285 g/mol. The van der Waals surface area contributed by atoms with E-state index in [2.05, 4.69) is 9.88 Å². The van der Waals surface area contributed by atoms with Crippen LogP contribution in [0.5, 0.6) is 0 Å². The molecule has 2 heteroatoms. The van der Waals surface area contributed by atoms with Crippen molar-refractivity contribution in [3.8, 4) is 0 Å². The first kappa shape index (κ1) is 11.1. The van der Waals surface area contributed by atoms with Gasteiger partial charge in [-0.15, -0.1) is 0 Å². The van der Waals surface area contributed by atoms with Crippen molar-refractivity contribution in [2.75, 3.05) is 0 Å². The molecule has 13 heavy (non-hydrogen) atoms. The van der Waals surface area contributed by atoms with Crippen LogP contribution in [-0.2, 0) is 0 Å². The molecule has 0 aliphatic carbocycles. The van der Waals surface area contributed by atoms with Gasteiger partial charge in [0.1, 0.15) is 0 Å². The van der Waals surface area contributed by atoms with E-state index in [1.54, 1.807) is 0 Å². The Kier molecular flexibility index (Phi) is 4.81. The van der Waals surface area contributed by atoms with Gasteiger partial charge in [-0.2, -0.15) is 0 Å². The zero-order chi connectivity index (χ0) is 9.68. The number of hydrogen-bond acceptors (Lipinski definition) is 1. The Morgan fingerprint density at radius 2 is 1.85 bits per heavy atom. The van der Waals surface area contributed by atoms with Crippen molar-refractivity contribution in [2.45, 2.75) is 26.8 Å². The Balaban J connectivity index is 2.44. The van der Waals surface area contributed by atoms with E-state index in [1.807, 2.05) is 30.3 Å². The van der Waals surface area contributed by atoms with Gasteiger partial charge in [0.25, 0.3) is 0 Å². The topological polar surface area (TPSA) is 20.2 Å². The summed E-state index contributed by atoms with van der Waals surface area (Å²) < 4.78 is 1.29. The van der Waals surface area contributed by atoms with Gasteiger partial charge in [-0.3, -0.25) is 0 Å². The van der Waals surface area contributed by atoms with Gasteiger partial charge in [0.2, 0.25) is 0 Å². The summed E-state index contributed by atoms with van der Waals surface area (Å²) in [4.78, 5) is 4.78. The predicted molar refractivity (Wildman–Crippen MR) is 59.7 cm³/mol. The van der Waals surface area contributed by atoms with E-state index < -0.39 is 19.8 Å². The van der Waals surface area contributed by atoms with Gasteiger partial charge in [-0.1, -0.05) is 0 Å². The van der Waals surface area contributed by atoms with E-state index in [0.717, 1.165) is 12.0 Å². The number of aliphatic hydroxyl groups excluding tert-OH is 1. The van der Waals surface area contributed by atoms with Crippen molar-refractivity contribution >= 4 is 19.8 Å². The molecule has 1 atom stereocenters. The van der Waals surface area contributed by atoms with Gasteiger partial charge < -0.3 is 0 Å². The summed E-state index contributed by atoms with van der Waals surface area (Å²) in [6, 6.07) is 9.95. The van der Waals surface area contributed by atoms with Crippen LogP contribution in [0.4, 0.5) is 0 Å². The van der Waals surface area contributed by atoms with Crippen molar-refractivity contribution < 1.29 is 5.11 Å². The molecule has 0 spiro atoms. The maximum atomic E-state index is 9.80. The summed E-state index contributed by atoms with van der Waals surface area (Å²) in [7, 11) is 0. The summed E-state index contributed by atoms with van der Waals surface area (Å²) in [5.41, 5.74) is 1.06. The summed E-state index contributed by atoms with van der Waals surface area (Å²) >= 11 is -1.11.